The number of H-pyrrole nitrogens is 2. The summed E-state index contributed by atoms with van der Waals surface area (Å²) in [6, 6.07) is 26.3. The van der Waals surface area contributed by atoms with Gasteiger partial charge < -0.3 is 14.9 Å². The zero-order valence-electron chi connectivity index (χ0n) is 20.2. The summed E-state index contributed by atoms with van der Waals surface area (Å²) in [7, 11) is 1.77. The van der Waals surface area contributed by atoms with Crippen LogP contribution in [0.25, 0.3) is 22.2 Å². The molecule has 0 radical (unpaired) electrons. The number of aromatic nitrogens is 2. The minimum Gasteiger partial charge on any atom is -0.313 e. The first kappa shape index (κ1) is 23.0. The fraction of sp³-hybridized carbons (Fsp3) is 0.100. The van der Waals surface area contributed by atoms with Crippen LogP contribution in [0.5, 0.6) is 0 Å². The number of imidazole rings is 1. The van der Waals surface area contributed by atoms with Crippen molar-refractivity contribution in [2.75, 3.05) is 11.9 Å². The number of nitrogens with one attached hydrogen (secondary N) is 2. The number of aliphatic imine (C=N–C) groups is 1. The number of benzene rings is 4. The second-order valence-corrected chi connectivity index (χ2v) is 9.62. The molecule has 0 spiro atoms. The van der Waals surface area contributed by atoms with Crippen LogP contribution in [0.15, 0.2) is 94.7 Å². The highest BCUT2D eigenvalue weighted by molar-refractivity contribution is 6.32. The van der Waals surface area contributed by atoms with Crippen LogP contribution in [0.4, 0.5) is 5.69 Å². The van der Waals surface area contributed by atoms with E-state index in [2.05, 4.69) is 29.0 Å². The number of hydrogen-bond donors (Lipinski definition) is 2. The van der Waals surface area contributed by atoms with Crippen LogP contribution in [0.1, 0.15) is 28.3 Å². The van der Waals surface area contributed by atoms with E-state index in [1.807, 2.05) is 66.7 Å². The third kappa shape index (κ3) is 3.96. The molecule has 5 aromatic rings. The van der Waals surface area contributed by atoms with Gasteiger partial charge in [-0.1, -0.05) is 66.2 Å². The summed E-state index contributed by atoms with van der Waals surface area (Å²) in [6.07, 6.45) is 0. The lowest BCUT2D eigenvalue weighted by Gasteiger charge is -2.22. The summed E-state index contributed by atoms with van der Waals surface area (Å²) in [5.74, 6) is -0.143. The summed E-state index contributed by atoms with van der Waals surface area (Å²) in [5, 5.41) is 0.544. The lowest BCUT2D eigenvalue weighted by Crippen LogP contribution is -2.30. The third-order valence-corrected chi connectivity index (χ3v) is 7.11. The topological polar surface area (TPSA) is 81.3 Å². The first-order chi connectivity index (χ1) is 17.9. The lowest BCUT2D eigenvalue weighted by atomic mass is 9.92. The van der Waals surface area contributed by atoms with Crippen LogP contribution in [0, 0.1) is 6.92 Å². The van der Waals surface area contributed by atoms with Crippen molar-refractivity contribution < 1.29 is 4.79 Å². The number of fused-ring (bicyclic) bond motifs is 2. The SMILES string of the molecule is Cc1ccccc1-c1ccccc1C1N=C(c2ccc3[nH]c(=O)[nH]c3c2)c2cc(Cl)ccc2N(C)C1=O. The Balaban J connectivity index is 1.62. The highest BCUT2D eigenvalue weighted by atomic mass is 35.5. The minimum absolute atomic E-state index is 0.143. The molecular formula is C30H23ClN4O2. The van der Waals surface area contributed by atoms with Crippen molar-refractivity contribution >= 4 is 39.9 Å². The van der Waals surface area contributed by atoms with Crippen molar-refractivity contribution in [1.29, 1.82) is 0 Å². The van der Waals surface area contributed by atoms with E-state index < -0.39 is 6.04 Å². The van der Waals surface area contributed by atoms with E-state index in [0.29, 0.717) is 27.5 Å². The molecule has 0 bridgehead atoms. The van der Waals surface area contributed by atoms with Gasteiger partial charge in [-0.15, -0.1) is 0 Å². The van der Waals surface area contributed by atoms with Gasteiger partial charge in [0, 0.05) is 23.2 Å². The Morgan fingerprint density at radius 1 is 0.811 bits per heavy atom. The molecule has 0 saturated carbocycles. The average molecular weight is 507 g/mol. The molecule has 2 heterocycles. The number of aromatic amines is 2. The van der Waals surface area contributed by atoms with Gasteiger partial charge in [-0.05, 0) is 59.5 Å². The van der Waals surface area contributed by atoms with E-state index in [1.54, 1.807) is 18.0 Å². The molecule has 7 heteroatoms. The minimum atomic E-state index is -0.789. The second kappa shape index (κ2) is 8.91. The van der Waals surface area contributed by atoms with E-state index in [9.17, 15) is 9.59 Å². The zero-order valence-corrected chi connectivity index (χ0v) is 21.0. The quantitative estimate of drug-likeness (QED) is 0.313. The van der Waals surface area contributed by atoms with E-state index in [1.165, 1.54) is 0 Å². The third-order valence-electron chi connectivity index (χ3n) is 6.88. The molecule has 1 amide bonds. The van der Waals surface area contributed by atoms with Gasteiger partial charge in [-0.3, -0.25) is 9.79 Å². The average Bonchev–Trinajstić information content (AvgIpc) is 3.24. The monoisotopic (exact) mass is 506 g/mol. The number of benzodiazepines with no additional fused rings is 1. The van der Waals surface area contributed by atoms with Crippen molar-refractivity contribution in [3.63, 3.8) is 0 Å². The smallest absolute Gasteiger partial charge is 0.313 e. The van der Waals surface area contributed by atoms with E-state index >= 15 is 0 Å². The number of hydrogen-bond acceptors (Lipinski definition) is 3. The van der Waals surface area contributed by atoms with Crippen LogP contribution in [0.3, 0.4) is 0 Å². The van der Waals surface area contributed by atoms with Crippen LogP contribution >= 0.6 is 11.6 Å². The number of amides is 1. The Labute approximate surface area is 218 Å². The van der Waals surface area contributed by atoms with Crippen LogP contribution < -0.4 is 10.6 Å². The van der Waals surface area contributed by atoms with Gasteiger partial charge in [0.05, 0.1) is 22.4 Å². The molecule has 37 heavy (non-hydrogen) atoms. The summed E-state index contributed by atoms with van der Waals surface area (Å²) in [5.41, 5.74) is 7.90. The first-order valence-electron chi connectivity index (χ1n) is 11.9. The van der Waals surface area contributed by atoms with E-state index in [4.69, 9.17) is 16.6 Å². The number of likely N-dealkylation sites (N-methyl/N-ethyl adjacent to an activating group) is 1. The number of carbonyl (C=O) groups excluding carboxylic acids is 1. The molecule has 4 aromatic carbocycles. The van der Waals surface area contributed by atoms with Gasteiger partial charge in [-0.2, -0.15) is 0 Å². The molecule has 182 valence electrons. The summed E-state index contributed by atoms with van der Waals surface area (Å²) in [6.45, 7) is 2.06. The van der Waals surface area contributed by atoms with Crippen molar-refractivity contribution in [3.8, 4) is 11.1 Å². The predicted molar refractivity (Wildman–Crippen MR) is 149 cm³/mol. The van der Waals surface area contributed by atoms with Crippen molar-refractivity contribution in [2.45, 2.75) is 13.0 Å². The van der Waals surface area contributed by atoms with Gasteiger partial charge in [0.1, 0.15) is 0 Å². The Morgan fingerprint density at radius 3 is 2.35 bits per heavy atom. The van der Waals surface area contributed by atoms with Crippen LogP contribution in [-0.4, -0.2) is 28.6 Å². The molecule has 0 fully saturated rings. The molecule has 1 aliphatic heterocycles. The Bertz CT molecular complexity index is 1780. The van der Waals surface area contributed by atoms with Gasteiger partial charge in [-0.25, -0.2) is 4.79 Å². The molecule has 0 saturated heterocycles. The maximum atomic E-state index is 14.0. The highest BCUT2D eigenvalue weighted by Gasteiger charge is 2.33. The fourth-order valence-corrected chi connectivity index (χ4v) is 5.19. The molecular weight excluding hydrogens is 484 g/mol. The molecule has 2 N–H and O–H groups in total. The summed E-state index contributed by atoms with van der Waals surface area (Å²) in [4.78, 5) is 38.2. The summed E-state index contributed by atoms with van der Waals surface area (Å²) < 4.78 is 0. The number of carbonyl (C=O) groups is 1. The van der Waals surface area contributed by atoms with Gasteiger partial charge in [0.15, 0.2) is 6.04 Å². The van der Waals surface area contributed by atoms with Crippen LogP contribution in [-0.2, 0) is 4.79 Å². The first-order valence-corrected chi connectivity index (χ1v) is 12.3. The molecule has 0 aliphatic carbocycles. The lowest BCUT2D eigenvalue weighted by molar-refractivity contribution is -0.119. The van der Waals surface area contributed by atoms with Gasteiger partial charge in [0.25, 0.3) is 5.91 Å². The van der Waals surface area contributed by atoms with Crippen LogP contribution in [0.2, 0.25) is 5.02 Å². The number of halogens is 1. The number of aryl methyl sites for hydroxylation is 1. The predicted octanol–water partition coefficient (Wildman–Crippen LogP) is 6.04. The molecule has 1 aromatic heterocycles. The van der Waals surface area contributed by atoms with E-state index in [-0.39, 0.29) is 11.6 Å². The van der Waals surface area contributed by atoms with Crippen molar-refractivity contribution in [3.05, 3.63) is 123 Å². The maximum Gasteiger partial charge on any atom is 0.323 e. The number of nitrogens with zero attached hydrogens (tertiary/aromatic N) is 2. The molecule has 6 rings (SSSR count). The molecule has 6 nitrogen and oxygen atoms in total. The zero-order chi connectivity index (χ0) is 25.7. The molecule has 1 atom stereocenters. The van der Waals surface area contributed by atoms with Gasteiger partial charge >= 0.3 is 5.69 Å². The Kier molecular flexibility index (Phi) is 5.54. The summed E-state index contributed by atoms with van der Waals surface area (Å²) >= 11 is 6.43. The number of anilines is 1. The van der Waals surface area contributed by atoms with Crippen molar-refractivity contribution in [2.24, 2.45) is 4.99 Å². The Hall–Kier alpha value is -4.42. The number of rotatable bonds is 3. The van der Waals surface area contributed by atoms with E-state index in [0.717, 1.165) is 33.4 Å². The van der Waals surface area contributed by atoms with Gasteiger partial charge in [0.2, 0.25) is 0 Å². The normalized spacial score (nSPS) is 15.4. The molecule has 1 aliphatic rings. The largest absolute Gasteiger partial charge is 0.323 e. The highest BCUT2D eigenvalue weighted by Crippen LogP contribution is 2.38. The standard InChI is InChI=1S/C30H23ClN4O2/c1-17-7-3-4-8-20(17)21-9-5-6-10-22(21)28-29(36)35(2)26-14-12-19(31)16-23(26)27(34-28)18-11-13-24-25(15-18)33-30(37)32-24/h3-16,28H,1-2H3,(H2,32,33,37). The van der Waals surface area contributed by atoms with Crippen molar-refractivity contribution in [1.82, 2.24) is 9.97 Å². The maximum absolute atomic E-state index is 14.0. The molecule has 1 unspecified atom stereocenters. The second-order valence-electron chi connectivity index (χ2n) is 9.18. The fourth-order valence-electron chi connectivity index (χ4n) is 5.01. The Morgan fingerprint density at radius 2 is 1.54 bits per heavy atom.